The van der Waals surface area contributed by atoms with Crippen LogP contribution in [-0.4, -0.2) is 23.2 Å². The maximum absolute atomic E-state index is 12.5. The van der Waals surface area contributed by atoms with Crippen LogP contribution < -0.4 is 10.2 Å². The highest BCUT2D eigenvalue weighted by molar-refractivity contribution is 6.02. The molecule has 3 aromatic rings. The third kappa shape index (κ3) is 6.49. The molecule has 0 spiro atoms. The SMILES string of the molecule is C=Cc1c(/C=C\C)nc(-c2ccc(-c3ccc(CCC)cc3)cc2)c(OC)c1C(=O)NO.CC1CC1. The number of methoxy groups -OCH3 is 1. The lowest BCUT2D eigenvalue weighted by Crippen LogP contribution is -2.22. The number of allylic oxidation sites excluding steroid dienone is 1. The van der Waals surface area contributed by atoms with E-state index >= 15 is 0 Å². The van der Waals surface area contributed by atoms with Crippen LogP contribution in [0.4, 0.5) is 0 Å². The Bertz CT molecular complexity index is 1210. The van der Waals surface area contributed by atoms with E-state index < -0.39 is 5.91 Å². The average Bonchev–Trinajstić information content (AvgIpc) is 3.70. The van der Waals surface area contributed by atoms with E-state index in [1.165, 1.54) is 31.6 Å². The summed E-state index contributed by atoms with van der Waals surface area (Å²) in [6.07, 6.45) is 10.3. The largest absolute Gasteiger partial charge is 0.494 e. The second-order valence-corrected chi connectivity index (χ2v) is 9.02. The predicted molar refractivity (Wildman–Crippen MR) is 148 cm³/mol. The minimum Gasteiger partial charge on any atom is -0.494 e. The smallest absolute Gasteiger partial charge is 0.279 e. The number of nitrogens with one attached hydrogen (secondary N) is 1. The molecule has 0 atom stereocenters. The van der Waals surface area contributed by atoms with Crippen LogP contribution in [0.15, 0.2) is 61.2 Å². The quantitative estimate of drug-likeness (QED) is 0.255. The molecule has 4 rings (SSSR count). The number of aryl methyl sites for hydroxylation is 1. The Morgan fingerprint density at radius 2 is 1.67 bits per heavy atom. The fraction of sp³-hybridized carbons (Fsp3) is 0.290. The Morgan fingerprint density at radius 3 is 2.11 bits per heavy atom. The maximum atomic E-state index is 12.5. The number of benzene rings is 2. The van der Waals surface area contributed by atoms with Gasteiger partial charge in [0.1, 0.15) is 5.69 Å². The Labute approximate surface area is 214 Å². The van der Waals surface area contributed by atoms with Gasteiger partial charge in [-0.05, 0) is 42.0 Å². The van der Waals surface area contributed by atoms with E-state index in [4.69, 9.17) is 9.72 Å². The van der Waals surface area contributed by atoms with Crippen molar-refractivity contribution in [1.29, 1.82) is 0 Å². The average molecular weight is 485 g/mol. The topological polar surface area (TPSA) is 71.5 Å². The molecule has 0 aliphatic heterocycles. The summed E-state index contributed by atoms with van der Waals surface area (Å²) < 4.78 is 5.57. The lowest BCUT2D eigenvalue weighted by molar-refractivity contribution is 0.0702. The van der Waals surface area contributed by atoms with Crippen LogP contribution in [-0.2, 0) is 6.42 Å². The first-order valence-electron chi connectivity index (χ1n) is 12.5. The van der Waals surface area contributed by atoms with Gasteiger partial charge in [-0.2, -0.15) is 0 Å². The first-order valence-corrected chi connectivity index (χ1v) is 12.5. The van der Waals surface area contributed by atoms with Gasteiger partial charge in [-0.3, -0.25) is 10.0 Å². The first-order chi connectivity index (χ1) is 17.5. The standard InChI is InChI=1S/C27H28N2O3.C4H8/c1-5-8-18-10-12-19(13-11-18)20-14-16-21(17-15-20)25-26(32-4)24(27(30)29-31)22(7-3)23(28-25)9-6-2;1-4-2-3-4/h6-7,9-17,31H,3,5,8H2,1-2,4H3,(H,29,30);4H,2-3H2,1H3/b9-6-;. The van der Waals surface area contributed by atoms with Crippen LogP contribution >= 0.6 is 0 Å². The number of pyridine rings is 1. The third-order valence-corrected chi connectivity index (χ3v) is 6.13. The highest BCUT2D eigenvalue weighted by Crippen LogP contribution is 2.37. The molecule has 0 bridgehead atoms. The van der Waals surface area contributed by atoms with Gasteiger partial charge in [0.15, 0.2) is 5.75 Å². The number of ether oxygens (including phenoxy) is 1. The molecule has 1 aliphatic rings. The number of hydrogen-bond acceptors (Lipinski definition) is 4. The van der Waals surface area contributed by atoms with Gasteiger partial charge in [-0.15, -0.1) is 0 Å². The van der Waals surface area contributed by atoms with E-state index in [-0.39, 0.29) is 11.3 Å². The van der Waals surface area contributed by atoms with Gasteiger partial charge in [0.2, 0.25) is 0 Å². The van der Waals surface area contributed by atoms with Gasteiger partial charge in [0.25, 0.3) is 5.91 Å². The zero-order valence-corrected chi connectivity index (χ0v) is 21.7. The molecule has 188 valence electrons. The Morgan fingerprint density at radius 1 is 1.11 bits per heavy atom. The lowest BCUT2D eigenvalue weighted by atomic mass is 9.97. The summed E-state index contributed by atoms with van der Waals surface area (Å²) in [5, 5.41) is 9.30. The van der Waals surface area contributed by atoms with E-state index in [0.717, 1.165) is 35.4 Å². The van der Waals surface area contributed by atoms with Crippen molar-refractivity contribution in [3.05, 3.63) is 83.6 Å². The Kier molecular flexibility index (Phi) is 9.60. The molecule has 1 heterocycles. The van der Waals surface area contributed by atoms with Crippen LogP contribution in [0, 0.1) is 5.92 Å². The number of hydroxylamine groups is 1. The Hall–Kier alpha value is -3.70. The van der Waals surface area contributed by atoms with Crippen LogP contribution in [0.5, 0.6) is 5.75 Å². The molecule has 2 aromatic carbocycles. The molecular weight excluding hydrogens is 448 g/mol. The number of nitrogens with zero attached hydrogens (tertiary/aromatic N) is 1. The minimum atomic E-state index is -0.685. The summed E-state index contributed by atoms with van der Waals surface area (Å²) in [5.74, 6) is 0.673. The summed E-state index contributed by atoms with van der Waals surface area (Å²) in [5.41, 5.74) is 7.78. The van der Waals surface area contributed by atoms with Gasteiger partial charge < -0.3 is 4.74 Å². The van der Waals surface area contributed by atoms with Crippen LogP contribution in [0.25, 0.3) is 34.5 Å². The zero-order valence-electron chi connectivity index (χ0n) is 21.7. The summed E-state index contributed by atoms with van der Waals surface area (Å²) in [6, 6.07) is 16.5. The molecule has 5 heteroatoms. The summed E-state index contributed by atoms with van der Waals surface area (Å²) >= 11 is 0. The van der Waals surface area contributed by atoms with Crippen molar-refractivity contribution in [2.24, 2.45) is 5.92 Å². The highest BCUT2D eigenvalue weighted by atomic mass is 16.5. The summed E-state index contributed by atoms with van der Waals surface area (Å²) in [7, 11) is 1.48. The number of rotatable bonds is 8. The molecule has 0 unspecified atom stereocenters. The molecule has 1 fully saturated rings. The summed E-state index contributed by atoms with van der Waals surface area (Å²) in [6.45, 7) is 10.1. The second kappa shape index (κ2) is 12.8. The highest BCUT2D eigenvalue weighted by Gasteiger charge is 2.24. The van der Waals surface area contributed by atoms with Crippen molar-refractivity contribution in [3.63, 3.8) is 0 Å². The fourth-order valence-electron chi connectivity index (χ4n) is 3.91. The molecule has 36 heavy (non-hydrogen) atoms. The van der Waals surface area contributed by atoms with Gasteiger partial charge in [-0.1, -0.05) is 100 Å². The fourth-order valence-corrected chi connectivity index (χ4v) is 3.91. The van der Waals surface area contributed by atoms with Crippen LogP contribution in [0.3, 0.4) is 0 Å². The van der Waals surface area contributed by atoms with Crippen molar-refractivity contribution in [3.8, 4) is 28.1 Å². The molecular formula is C31H36N2O3. The minimum absolute atomic E-state index is 0.179. The predicted octanol–water partition coefficient (Wildman–Crippen LogP) is 7.59. The van der Waals surface area contributed by atoms with Crippen LogP contribution in [0.1, 0.15) is 67.2 Å². The first kappa shape index (κ1) is 26.9. The van der Waals surface area contributed by atoms with Gasteiger partial charge >= 0.3 is 0 Å². The van der Waals surface area contributed by atoms with E-state index in [1.54, 1.807) is 11.6 Å². The normalized spacial score (nSPS) is 12.6. The number of hydrogen-bond donors (Lipinski definition) is 2. The van der Waals surface area contributed by atoms with Crippen molar-refractivity contribution in [2.75, 3.05) is 7.11 Å². The lowest BCUT2D eigenvalue weighted by Gasteiger charge is -2.17. The third-order valence-electron chi connectivity index (χ3n) is 6.13. The molecule has 1 saturated carbocycles. The molecule has 2 N–H and O–H groups in total. The van der Waals surface area contributed by atoms with Crippen molar-refractivity contribution in [2.45, 2.75) is 46.5 Å². The molecule has 0 saturated heterocycles. The van der Waals surface area contributed by atoms with E-state index in [9.17, 15) is 10.0 Å². The number of aromatic nitrogens is 1. The van der Waals surface area contributed by atoms with Crippen molar-refractivity contribution >= 4 is 18.1 Å². The molecule has 1 aromatic heterocycles. The number of carbonyl (C=O) groups is 1. The molecule has 1 aliphatic carbocycles. The maximum Gasteiger partial charge on any atom is 0.279 e. The van der Waals surface area contributed by atoms with Gasteiger partial charge in [0, 0.05) is 11.1 Å². The summed E-state index contributed by atoms with van der Waals surface area (Å²) in [4.78, 5) is 17.2. The van der Waals surface area contributed by atoms with E-state index in [0.29, 0.717) is 17.0 Å². The molecule has 0 radical (unpaired) electrons. The monoisotopic (exact) mass is 484 g/mol. The number of amides is 1. The number of carbonyl (C=O) groups excluding carboxylic acids is 1. The van der Waals surface area contributed by atoms with E-state index in [1.807, 2.05) is 37.3 Å². The van der Waals surface area contributed by atoms with Crippen molar-refractivity contribution in [1.82, 2.24) is 10.5 Å². The van der Waals surface area contributed by atoms with Crippen molar-refractivity contribution < 1.29 is 14.7 Å². The second-order valence-electron chi connectivity index (χ2n) is 9.02. The molecule has 5 nitrogen and oxygen atoms in total. The Balaban J connectivity index is 0.000000819. The van der Waals surface area contributed by atoms with Crippen LogP contribution in [0.2, 0.25) is 0 Å². The molecule has 1 amide bonds. The van der Waals surface area contributed by atoms with E-state index in [2.05, 4.69) is 44.7 Å². The van der Waals surface area contributed by atoms with Gasteiger partial charge in [0.05, 0.1) is 18.4 Å². The van der Waals surface area contributed by atoms with Gasteiger partial charge in [-0.25, -0.2) is 10.5 Å². The zero-order chi connectivity index (χ0) is 26.1.